The monoisotopic (exact) mass is 320 g/mol. The largest absolute Gasteiger partial charge is 0.491 e. The number of nitrogens with one attached hydrogen (secondary N) is 2. The standard InChI is InChI=1S/C18H28N2O3/c1-14-7-8-15(12-20-18(21)6-3-9-19-2)17(11-14)23-13-16-5-4-10-22-16/h7-8,11,16,19H,3-6,9-10,12-13H2,1-2H3,(H,20,21). The first kappa shape index (κ1) is 17.8. The van der Waals surface area contributed by atoms with Crippen LogP contribution >= 0.6 is 0 Å². The summed E-state index contributed by atoms with van der Waals surface area (Å²) in [6, 6.07) is 6.09. The molecule has 1 amide bonds. The van der Waals surface area contributed by atoms with E-state index < -0.39 is 0 Å². The van der Waals surface area contributed by atoms with Crippen molar-refractivity contribution in [1.29, 1.82) is 0 Å². The number of amides is 1. The second-order valence-corrected chi connectivity index (χ2v) is 6.04. The summed E-state index contributed by atoms with van der Waals surface area (Å²) in [7, 11) is 1.89. The predicted octanol–water partition coefficient (Wildman–Crippen LogP) is 2.17. The molecule has 1 aliphatic rings. The van der Waals surface area contributed by atoms with Gasteiger partial charge < -0.3 is 20.1 Å². The van der Waals surface area contributed by atoms with E-state index in [2.05, 4.69) is 10.6 Å². The molecule has 1 unspecified atom stereocenters. The second kappa shape index (κ2) is 9.53. The number of benzene rings is 1. The molecule has 0 radical (unpaired) electrons. The van der Waals surface area contributed by atoms with Crippen molar-refractivity contribution >= 4 is 5.91 Å². The molecule has 0 aromatic heterocycles. The van der Waals surface area contributed by atoms with Gasteiger partial charge in [0.25, 0.3) is 0 Å². The lowest BCUT2D eigenvalue weighted by Gasteiger charge is -2.16. The van der Waals surface area contributed by atoms with Gasteiger partial charge in [-0.3, -0.25) is 4.79 Å². The van der Waals surface area contributed by atoms with Gasteiger partial charge in [0.15, 0.2) is 0 Å². The highest BCUT2D eigenvalue weighted by Crippen LogP contribution is 2.22. The highest BCUT2D eigenvalue weighted by atomic mass is 16.5. The van der Waals surface area contributed by atoms with E-state index in [1.54, 1.807) is 0 Å². The van der Waals surface area contributed by atoms with E-state index in [-0.39, 0.29) is 12.0 Å². The topological polar surface area (TPSA) is 59.6 Å². The third kappa shape index (κ3) is 6.20. The van der Waals surface area contributed by atoms with Gasteiger partial charge in [-0.1, -0.05) is 12.1 Å². The third-order valence-electron chi connectivity index (χ3n) is 3.98. The van der Waals surface area contributed by atoms with E-state index in [1.165, 1.54) is 0 Å². The SMILES string of the molecule is CNCCCC(=O)NCc1ccc(C)cc1OCC1CCCO1. The van der Waals surface area contributed by atoms with E-state index in [0.717, 1.165) is 49.3 Å². The molecule has 5 heteroatoms. The Hall–Kier alpha value is -1.59. The van der Waals surface area contributed by atoms with Crippen LogP contribution in [0.3, 0.4) is 0 Å². The first-order valence-corrected chi connectivity index (χ1v) is 8.44. The van der Waals surface area contributed by atoms with Crippen LogP contribution in [0.4, 0.5) is 0 Å². The summed E-state index contributed by atoms with van der Waals surface area (Å²) in [5.74, 6) is 0.918. The van der Waals surface area contributed by atoms with Gasteiger partial charge in [-0.05, 0) is 51.4 Å². The molecule has 1 heterocycles. The minimum atomic E-state index is 0.0749. The molecule has 1 fully saturated rings. The van der Waals surface area contributed by atoms with Crippen LogP contribution in [-0.4, -0.2) is 38.8 Å². The predicted molar refractivity (Wildman–Crippen MR) is 90.7 cm³/mol. The second-order valence-electron chi connectivity index (χ2n) is 6.04. The Morgan fingerprint density at radius 2 is 2.30 bits per heavy atom. The molecule has 23 heavy (non-hydrogen) atoms. The van der Waals surface area contributed by atoms with Gasteiger partial charge >= 0.3 is 0 Å². The molecule has 128 valence electrons. The summed E-state index contributed by atoms with van der Waals surface area (Å²) >= 11 is 0. The molecule has 2 N–H and O–H groups in total. The molecular weight excluding hydrogens is 292 g/mol. The molecule has 0 spiro atoms. The molecule has 2 rings (SSSR count). The molecule has 0 bridgehead atoms. The number of ether oxygens (including phenoxy) is 2. The smallest absolute Gasteiger partial charge is 0.220 e. The van der Waals surface area contributed by atoms with Crippen molar-refractivity contribution in [2.45, 2.75) is 45.3 Å². The summed E-state index contributed by atoms with van der Waals surface area (Å²) in [6.45, 7) is 4.80. The molecule has 0 saturated carbocycles. The van der Waals surface area contributed by atoms with Crippen LogP contribution in [-0.2, 0) is 16.1 Å². The highest BCUT2D eigenvalue weighted by molar-refractivity contribution is 5.75. The van der Waals surface area contributed by atoms with Gasteiger partial charge in [0, 0.05) is 25.1 Å². The Balaban J connectivity index is 1.85. The van der Waals surface area contributed by atoms with Crippen LogP contribution in [0.25, 0.3) is 0 Å². The van der Waals surface area contributed by atoms with Crippen LogP contribution in [0, 0.1) is 6.92 Å². The first-order chi connectivity index (χ1) is 11.2. The normalized spacial score (nSPS) is 17.2. The Bertz CT molecular complexity index is 499. The molecule has 1 aromatic rings. The van der Waals surface area contributed by atoms with Gasteiger partial charge in [-0.2, -0.15) is 0 Å². The Morgan fingerprint density at radius 1 is 1.43 bits per heavy atom. The van der Waals surface area contributed by atoms with Crippen molar-refractivity contribution in [3.8, 4) is 5.75 Å². The maximum absolute atomic E-state index is 11.8. The molecular formula is C18H28N2O3. The van der Waals surface area contributed by atoms with E-state index >= 15 is 0 Å². The van der Waals surface area contributed by atoms with E-state index in [4.69, 9.17) is 9.47 Å². The van der Waals surface area contributed by atoms with Crippen LogP contribution in [0.5, 0.6) is 5.75 Å². The average molecular weight is 320 g/mol. The summed E-state index contributed by atoms with van der Waals surface area (Å²) < 4.78 is 11.5. The van der Waals surface area contributed by atoms with Crippen LogP contribution < -0.4 is 15.4 Å². The fraction of sp³-hybridized carbons (Fsp3) is 0.611. The van der Waals surface area contributed by atoms with Gasteiger partial charge in [0.1, 0.15) is 12.4 Å². The zero-order chi connectivity index (χ0) is 16.5. The van der Waals surface area contributed by atoms with Gasteiger partial charge in [0.2, 0.25) is 5.91 Å². The minimum absolute atomic E-state index is 0.0749. The van der Waals surface area contributed by atoms with Gasteiger partial charge in [0.05, 0.1) is 6.10 Å². The average Bonchev–Trinajstić information content (AvgIpc) is 3.05. The number of hydrogen-bond acceptors (Lipinski definition) is 4. The lowest BCUT2D eigenvalue weighted by Crippen LogP contribution is -2.24. The van der Waals surface area contributed by atoms with Crippen LogP contribution in [0.2, 0.25) is 0 Å². The Labute approximate surface area is 138 Å². The third-order valence-corrected chi connectivity index (χ3v) is 3.98. The van der Waals surface area contributed by atoms with Crippen LogP contribution in [0.1, 0.15) is 36.8 Å². The summed E-state index contributed by atoms with van der Waals surface area (Å²) in [5, 5.41) is 6.01. The minimum Gasteiger partial charge on any atom is -0.491 e. The first-order valence-electron chi connectivity index (χ1n) is 8.44. The Morgan fingerprint density at radius 3 is 3.04 bits per heavy atom. The zero-order valence-corrected chi connectivity index (χ0v) is 14.2. The Kier molecular flexibility index (Phi) is 7.36. The van der Waals surface area contributed by atoms with Crippen molar-refractivity contribution in [2.24, 2.45) is 0 Å². The fourth-order valence-corrected chi connectivity index (χ4v) is 2.61. The maximum atomic E-state index is 11.8. The lowest BCUT2D eigenvalue weighted by atomic mass is 10.1. The summed E-state index contributed by atoms with van der Waals surface area (Å²) in [5.41, 5.74) is 2.16. The van der Waals surface area contributed by atoms with Crippen molar-refractivity contribution in [2.75, 3.05) is 26.8 Å². The fourth-order valence-electron chi connectivity index (χ4n) is 2.61. The number of rotatable bonds is 9. The van der Waals surface area contributed by atoms with Gasteiger partial charge in [-0.15, -0.1) is 0 Å². The van der Waals surface area contributed by atoms with E-state index in [0.29, 0.717) is 19.6 Å². The van der Waals surface area contributed by atoms with Crippen molar-refractivity contribution < 1.29 is 14.3 Å². The molecule has 1 atom stereocenters. The molecule has 0 aliphatic carbocycles. The molecule has 1 aromatic carbocycles. The quantitative estimate of drug-likeness (QED) is 0.685. The molecule has 1 saturated heterocycles. The van der Waals surface area contributed by atoms with Gasteiger partial charge in [-0.25, -0.2) is 0 Å². The number of hydrogen-bond donors (Lipinski definition) is 2. The van der Waals surface area contributed by atoms with Crippen molar-refractivity contribution in [3.63, 3.8) is 0 Å². The number of aryl methyl sites for hydroxylation is 1. The summed E-state index contributed by atoms with van der Waals surface area (Å²) in [4.78, 5) is 11.8. The number of carbonyl (C=O) groups excluding carboxylic acids is 1. The molecule has 1 aliphatic heterocycles. The zero-order valence-electron chi connectivity index (χ0n) is 14.2. The van der Waals surface area contributed by atoms with Crippen molar-refractivity contribution in [1.82, 2.24) is 10.6 Å². The van der Waals surface area contributed by atoms with Crippen LogP contribution in [0.15, 0.2) is 18.2 Å². The maximum Gasteiger partial charge on any atom is 0.220 e. The number of carbonyl (C=O) groups is 1. The van der Waals surface area contributed by atoms with Crippen molar-refractivity contribution in [3.05, 3.63) is 29.3 Å². The van der Waals surface area contributed by atoms with E-state index in [9.17, 15) is 4.79 Å². The lowest BCUT2D eigenvalue weighted by molar-refractivity contribution is -0.121. The van der Waals surface area contributed by atoms with E-state index in [1.807, 2.05) is 32.2 Å². The molecule has 5 nitrogen and oxygen atoms in total. The summed E-state index contributed by atoms with van der Waals surface area (Å²) in [6.07, 6.45) is 3.75. The highest BCUT2D eigenvalue weighted by Gasteiger charge is 2.17.